The summed E-state index contributed by atoms with van der Waals surface area (Å²) in [6, 6.07) is 1.38. The Morgan fingerprint density at radius 3 is 2.47 bits per heavy atom. The van der Waals surface area contributed by atoms with E-state index >= 15 is 0 Å². The number of nitrogens with one attached hydrogen (secondary N) is 1. The minimum absolute atomic E-state index is 0.0156. The molecule has 10 heteroatoms. The maximum Gasteiger partial charge on any atom is 0.321 e. The third-order valence-corrected chi connectivity index (χ3v) is 5.98. The van der Waals surface area contributed by atoms with Gasteiger partial charge in [0.2, 0.25) is 0 Å². The van der Waals surface area contributed by atoms with Gasteiger partial charge in [0.05, 0.1) is 5.75 Å². The molecule has 0 aliphatic heterocycles. The Bertz CT molecular complexity index is 632. The molecule has 0 radical (unpaired) electrons. The Morgan fingerprint density at radius 1 is 1.42 bits per heavy atom. The van der Waals surface area contributed by atoms with Crippen LogP contribution >= 0.6 is 11.3 Å². The number of aliphatic carboxylic acids is 1. The first-order valence-electron chi connectivity index (χ1n) is 5.08. The standard InChI is InChI=1S/C9H13NO6S3/c1-18(13,14)6-4-7(9(11)12)10-19(15,16)8-3-2-5-17-8/h2-3,5,7,10H,4,6H2,1H3,(H,11,12). The lowest BCUT2D eigenvalue weighted by Gasteiger charge is -2.13. The normalized spacial score (nSPS) is 14.2. The molecule has 0 aliphatic rings. The zero-order valence-corrected chi connectivity index (χ0v) is 12.4. The molecule has 0 aromatic carbocycles. The van der Waals surface area contributed by atoms with E-state index in [-0.39, 0.29) is 10.6 Å². The van der Waals surface area contributed by atoms with Gasteiger partial charge in [0, 0.05) is 6.26 Å². The van der Waals surface area contributed by atoms with Gasteiger partial charge in [0.25, 0.3) is 10.0 Å². The summed E-state index contributed by atoms with van der Waals surface area (Å²) in [7, 11) is -7.29. The van der Waals surface area contributed by atoms with Gasteiger partial charge in [-0.2, -0.15) is 4.72 Å². The molecule has 0 amide bonds. The van der Waals surface area contributed by atoms with Crippen LogP contribution in [0.25, 0.3) is 0 Å². The van der Waals surface area contributed by atoms with Crippen LogP contribution in [-0.4, -0.2) is 46.0 Å². The Hall–Kier alpha value is -0.970. The molecule has 0 bridgehead atoms. The molecule has 0 fully saturated rings. The number of hydrogen-bond donors (Lipinski definition) is 2. The number of carbonyl (C=O) groups is 1. The van der Waals surface area contributed by atoms with Crippen molar-refractivity contribution in [3.63, 3.8) is 0 Å². The lowest BCUT2D eigenvalue weighted by molar-refractivity contribution is -0.139. The number of sulfonamides is 1. The quantitative estimate of drug-likeness (QED) is 0.723. The molecular weight excluding hydrogens is 314 g/mol. The third-order valence-electron chi connectivity index (χ3n) is 2.13. The summed E-state index contributed by atoms with van der Waals surface area (Å²) in [5.41, 5.74) is 0. The van der Waals surface area contributed by atoms with Gasteiger partial charge in [-0.05, 0) is 17.9 Å². The summed E-state index contributed by atoms with van der Waals surface area (Å²) in [5.74, 6) is -1.82. The topological polar surface area (TPSA) is 118 Å². The van der Waals surface area contributed by atoms with Crippen molar-refractivity contribution in [3.05, 3.63) is 17.5 Å². The summed E-state index contributed by atoms with van der Waals surface area (Å²) in [5, 5.41) is 10.5. The van der Waals surface area contributed by atoms with Gasteiger partial charge in [-0.3, -0.25) is 4.79 Å². The number of hydrogen-bond acceptors (Lipinski definition) is 6. The average molecular weight is 327 g/mol. The van der Waals surface area contributed by atoms with Crippen LogP contribution in [0.5, 0.6) is 0 Å². The number of thiophene rings is 1. The van der Waals surface area contributed by atoms with Crippen molar-refractivity contribution in [2.24, 2.45) is 0 Å². The van der Waals surface area contributed by atoms with Crippen LogP contribution < -0.4 is 4.72 Å². The highest BCUT2D eigenvalue weighted by atomic mass is 32.2. The SMILES string of the molecule is CS(=O)(=O)CCC(NS(=O)(=O)c1cccs1)C(=O)O. The largest absolute Gasteiger partial charge is 0.480 e. The van der Waals surface area contributed by atoms with Crippen LogP contribution in [-0.2, 0) is 24.7 Å². The second kappa shape index (κ2) is 5.99. The monoisotopic (exact) mass is 327 g/mol. The maximum absolute atomic E-state index is 11.8. The van der Waals surface area contributed by atoms with Crippen LogP contribution in [0.2, 0.25) is 0 Å². The lowest BCUT2D eigenvalue weighted by atomic mass is 10.2. The molecule has 0 saturated carbocycles. The van der Waals surface area contributed by atoms with Crippen molar-refractivity contribution in [2.75, 3.05) is 12.0 Å². The maximum atomic E-state index is 11.8. The average Bonchev–Trinajstić information content (AvgIpc) is 2.76. The highest BCUT2D eigenvalue weighted by Crippen LogP contribution is 2.16. The summed E-state index contributed by atoms with van der Waals surface area (Å²) in [6.45, 7) is 0. The fraction of sp³-hybridized carbons (Fsp3) is 0.444. The van der Waals surface area contributed by atoms with Crippen molar-refractivity contribution in [1.29, 1.82) is 0 Å². The predicted molar refractivity (Wildman–Crippen MR) is 70.4 cm³/mol. The second-order valence-corrected chi connectivity index (χ2v) is 9.01. The predicted octanol–water partition coefficient (Wildman–Crippen LogP) is -0.0857. The fourth-order valence-electron chi connectivity index (χ4n) is 1.23. The first-order chi connectivity index (χ1) is 8.62. The molecule has 108 valence electrons. The third kappa shape index (κ3) is 5.27. The highest BCUT2D eigenvalue weighted by molar-refractivity contribution is 7.91. The van der Waals surface area contributed by atoms with E-state index < -0.39 is 37.6 Å². The van der Waals surface area contributed by atoms with Gasteiger partial charge in [-0.25, -0.2) is 16.8 Å². The Labute approximate surface area is 115 Å². The Balaban J connectivity index is 2.83. The molecule has 7 nitrogen and oxygen atoms in total. The molecular formula is C9H13NO6S3. The summed E-state index contributed by atoms with van der Waals surface area (Å²) in [4.78, 5) is 10.9. The smallest absolute Gasteiger partial charge is 0.321 e. The zero-order chi connectivity index (χ0) is 14.7. The van der Waals surface area contributed by atoms with Crippen LogP contribution in [0.4, 0.5) is 0 Å². The van der Waals surface area contributed by atoms with Crippen molar-refractivity contribution in [3.8, 4) is 0 Å². The van der Waals surface area contributed by atoms with Crippen molar-refractivity contribution < 1.29 is 26.7 Å². The van der Waals surface area contributed by atoms with Gasteiger partial charge in [-0.15, -0.1) is 11.3 Å². The fourth-order valence-corrected chi connectivity index (χ4v) is 4.12. The van der Waals surface area contributed by atoms with E-state index in [1.165, 1.54) is 12.1 Å². The van der Waals surface area contributed by atoms with Crippen molar-refractivity contribution in [2.45, 2.75) is 16.7 Å². The number of carboxylic acid groups (broad SMARTS) is 1. The number of sulfone groups is 1. The molecule has 1 rings (SSSR count). The van der Waals surface area contributed by atoms with Crippen LogP contribution in [0, 0.1) is 0 Å². The molecule has 1 atom stereocenters. The van der Waals surface area contributed by atoms with Gasteiger partial charge in [0.15, 0.2) is 0 Å². The molecule has 1 aromatic heterocycles. The molecule has 19 heavy (non-hydrogen) atoms. The molecule has 0 saturated heterocycles. The molecule has 2 N–H and O–H groups in total. The number of rotatable bonds is 7. The first-order valence-corrected chi connectivity index (χ1v) is 9.50. The molecule has 1 heterocycles. The Morgan fingerprint density at radius 2 is 2.05 bits per heavy atom. The van der Waals surface area contributed by atoms with Crippen LogP contribution in [0.15, 0.2) is 21.7 Å². The van der Waals surface area contributed by atoms with E-state index in [2.05, 4.69) is 0 Å². The van der Waals surface area contributed by atoms with E-state index in [1.807, 2.05) is 4.72 Å². The molecule has 0 aliphatic carbocycles. The summed E-state index contributed by atoms with van der Waals surface area (Å²) in [6.07, 6.45) is 0.637. The van der Waals surface area contributed by atoms with Gasteiger partial charge in [-0.1, -0.05) is 6.07 Å². The van der Waals surface area contributed by atoms with Crippen LogP contribution in [0.1, 0.15) is 6.42 Å². The van der Waals surface area contributed by atoms with Crippen LogP contribution in [0.3, 0.4) is 0 Å². The van der Waals surface area contributed by atoms with Gasteiger partial charge < -0.3 is 5.11 Å². The minimum Gasteiger partial charge on any atom is -0.480 e. The number of carboxylic acids is 1. The van der Waals surface area contributed by atoms with E-state index in [9.17, 15) is 21.6 Å². The van der Waals surface area contributed by atoms with E-state index in [0.29, 0.717) is 0 Å². The van der Waals surface area contributed by atoms with Crippen molar-refractivity contribution in [1.82, 2.24) is 4.72 Å². The zero-order valence-electron chi connectivity index (χ0n) is 9.94. The minimum atomic E-state index is -3.94. The van der Waals surface area contributed by atoms with E-state index in [1.54, 1.807) is 5.38 Å². The molecule has 1 aromatic rings. The summed E-state index contributed by atoms with van der Waals surface area (Å²) >= 11 is 0.946. The highest BCUT2D eigenvalue weighted by Gasteiger charge is 2.26. The van der Waals surface area contributed by atoms with E-state index in [4.69, 9.17) is 5.11 Å². The molecule has 1 unspecified atom stereocenters. The van der Waals surface area contributed by atoms with Gasteiger partial charge >= 0.3 is 5.97 Å². The van der Waals surface area contributed by atoms with Crippen molar-refractivity contribution >= 4 is 37.2 Å². The first kappa shape index (κ1) is 16.1. The second-order valence-electron chi connectivity index (χ2n) is 3.86. The van der Waals surface area contributed by atoms with Gasteiger partial charge in [0.1, 0.15) is 20.1 Å². The summed E-state index contributed by atoms with van der Waals surface area (Å²) < 4.78 is 47.6. The lowest BCUT2D eigenvalue weighted by Crippen LogP contribution is -2.41. The Kier molecular flexibility index (Phi) is 5.07. The van der Waals surface area contributed by atoms with E-state index in [0.717, 1.165) is 17.6 Å². The molecule has 0 spiro atoms.